The van der Waals surface area contributed by atoms with Crippen LogP contribution in [0.1, 0.15) is 31.2 Å². The summed E-state index contributed by atoms with van der Waals surface area (Å²) < 4.78 is 40.3. The zero-order chi connectivity index (χ0) is 26.9. The Morgan fingerprint density at radius 1 is 1.26 bits per heavy atom. The molecule has 204 valence electrons. The van der Waals surface area contributed by atoms with Crippen molar-refractivity contribution in [2.24, 2.45) is 0 Å². The van der Waals surface area contributed by atoms with E-state index in [1.165, 1.54) is 11.3 Å². The van der Waals surface area contributed by atoms with Crippen LogP contribution in [0.15, 0.2) is 40.1 Å². The Labute approximate surface area is 226 Å². The van der Waals surface area contributed by atoms with Crippen LogP contribution >= 0.6 is 21.9 Å². The Balaban J connectivity index is 1.52. The number of hydrogen-bond donors (Lipinski definition) is 4. The van der Waals surface area contributed by atoms with Crippen molar-refractivity contribution in [1.29, 1.82) is 0 Å². The summed E-state index contributed by atoms with van der Waals surface area (Å²) in [6.07, 6.45) is 1.17. The van der Waals surface area contributed by atoms with Crippen molar-refractivity contribution < 1.29 is 23.0 Å². The second-order valence-electron chi connectivity index (χ2n) is 9.50. The van der Waals surface area contributed by atoms with Gasteiger partial charge >= 0.3 is 6.03 Å². The Morgan fingerprint density at radius 3 is 2.66 bits per heavy atom. The van der Waals surface area contributed by atoms with Gasteiger partial charge < -0.3 is 20.3 Å². The highest BCUT2D eigenvalue weighted by molar-refractivity contribution is 8.26. The molecule has 3 aromatic rings. The third kappa shape index (κ3) is 5.21. The number of carbonyl (C=O) groups is 1. The third-order valence-corrected chi connectivity index (χ3v) is 10.7. The standard InChI is InChI=1S/C25H31FN6O4S2/c1-16-15-37-24(28-16)38(34,35)25(7-8-25)20-13-21(32-11-12-36-14-17(32)2)31-22(30-20)18-3-5-19(6-4-18)29-23(33)27-10-9-26/h3-6,13,15,17,34-35H,7-12,14H2,1-2H3,(H2,27,29,33)/t17-/m0/s1. The molecule has 2 aliphatic rings. The van der Waals surface area contributed by atoms with Crippen LogP contribution in [0.5, 0.6) is 0 Å². The minimum absolute atomic E-state index is 0.0607. The Kier molecular flexibility index (Phi) is 7.56. The van der Waals surface area contributed by atoms with Crippen LogP contribution in [0.4, 0.5) is 20.7 Å². The first kappa shape index (κ1) is 26.8. The topological polar surface area (TPSA) is 133 Å². The van der Waals surface area contributed by atoms with E-state index < -0.39 is 28.0 Å². The number of urea groups is 1. The molecule has 0 radical (unpaired) electrons. The fourth-order valence-electron chi connectivity index (χ4n) is 4.48. The molecule has 1 aromatic carbocycles. The number of halogens is 1. The largest absolute Gasteiger partial charge is 0.377 e. The molecule has 1 saturated heterocycles. The number of morpholine rings is 1. The second kappa shape index (κ2) is 10.7. The summed E-state index contributed by atoms with van der Waals surface area (Å²) in [5.41, 5.74) is 2.58. The number of amides is 2. The van der Waals surface area contributed by atoms with Gasteiger partial charge in [0.25, 0.3) is 0 Å². The molecule has 13 heteroatoms. The number of hydrogen-bond acceptors (Lipinski definition) is 9. The highest BCUT2D eigenvalue weighted by atomic mass is 32.3. The van der Waals surface area contributed by atoms with Crippen molar-refractivity contribution in [3.63, 3.8) is 0 Å². The summed E-state index contributed by atoms with van der Waals surface area (Å²) in [6.45, 7) is 4.99. The molecule has 1 saturated carbocycles. The zero-order valence-corrected chi connectivity index (χ0v) is 22.8. The maximum Gasteiger partial charge on any atom is 0.319 e. The van der Waals surface area contributed by atoms with E-state index in [4.69, 9.17) is 14.7 Å². The fourth-order valence-corrected chi connectivity index (χ4v) is 7.83. The minimum Gasteiger partial charge on any atom is -0.377 e. The predicted octanol–water partition coefficient (Wildman–Crippen LogP) is 5.02. The van der Waals surface area contributed by atoms with Gasteiger partial charge in [0.1, 0.15) is 17.2 Å². The SMILES string of the molecule is Cc1csc(S(O)(O)C2(c3cc(N4CCOC[C@@H]4C)nc(-c4ccc(NC(=O)NCCF)cc4)n3)CC2)n1. The number of nitrogens with zero attached hydrogens (tertiary/aromatic N) is 4. The van der Waals surface area contributed by atoms with E-state index in [2.05, 4.69) is 27.4 Å². The maximum absolute atomic E-state index is 12.3. The van der Waals surface area contributed by atoms with E-state index in [1.807, 2.05) is 18.4 Å². The van der Waals surface area contributed by atoms with Crippen LogP contribution in [0.3, 0.4) is 0 Å². The normalized spacial score (nSPS) is 19.2. The van der Waals surface area contributed by atoms with Crippen molar-refractivity contribution in [2.75, 3.05) is 43.2 Å². The van der Waals surface area contributed by atoms with Crippen LogP contribution in [0, 0.1) is 6.92 Å². The fraction of sp³-hybridized carbons (Fsp3) is 0.440. The van der Waals surface area contributed by atoms with Crippen LogP contribution in [0.2, 0.25) is 0 Å². The summed E-state index contributed by atoms with van der Waals surface area (Å²) in [5.74, 6) is 1.15. The molecular formula is C25H31FN6O4S2. The molecular weight excluding hydrogens is 531 g/mol. The number of rotatable bonds is 8. The number of carbonyl (C=O) groups excluding carboxylic acids is 1. The molecule has 1 aliphatic heterocycles. The third-order valence-electron chi connectivity index (χ3n) is 6.71. The van der Waals surface area contributed by atoms with E-state index in [0.29, 0.717) is 65.5 Å². The number of benzene rings is 1. The summed E-state index contributed by atoms with van der Waals surface area (Å²) in [4.78, 5) is 28.1. The lowest BCUT2D eigenvalue weighted by molar-refractivity contribution is 0.0985. The molecule has 0 spiro atoms. The van der Waals surface area contributed by atoms with Gasteiger partial charge in [-0.1, -0.05) is 0 Å². The number of nitrogens with one attached hydrogen (secondary N) is 2. The van der Waals surface area contributed by atoms with Gasteiger partial charge in [0.2, 0.25) is 4.34 Å². The highest BCUT2D eigenvalue weighted by Gasteiger charge is 2.58. The first-order chi connectivity index (χ1) is 18.2. The number of alkyl halides is 1. The summed E-state index contributed by atoms with van der Waals surface area (Å²) in [6, 6.07) is 8.49. The number of aromatic nitrogens is 3. The van der Waals surface area contributed by atoms with E-state index in [-0.39, 0.29) is 12.6 Å². The Bertz CT molecular complexity index is 1300. The molecule has 5 rings (SSSR count). The summed E-state index contributed by atoms with van der Waals surface area (Å²) >= 11 is 1.26. The first-order valence-corrected chi connectivity index (χ1v) is 14.8. The van der Waals surface area contributed by atoms with Crippen LogP contribution in [-0.4, -0.2) is 69.1 Å². The van der Waals surface area contributed by atoms with E-state index in [0.717, 1.165) is 5.69 Å². The van der Waals surface area contributed by atoms with Gasteiger partial charge in [0.05, 0.1) is 30.6 Å². The monoisotopic (exact) mass is 562 g/mol. The number of aryl methyl sites for hydroxylation is 1. The smallest absolute Gasteiger partial charge is 0.319 e. The van der Waals surface area contributed by atoms with E-state index in [9.17, 15) is 18.3 Å². The second-order valence-corrected chi connectivity index (χ2v) is 12.9. The van der Waals surface area contributed by atoms with Crippen LogP contribution in [-0.2, 0) is 9.48 Å². The lowest BCUT2D eigenvalue weighted by Gasteiger charge is -2.39. The first-order valence-electron chi connectivity index (χ1n) is 12.4. The van der Waals surface area contributed by atoms with Gasteiger partial charge in [-0.2, -0.15) is 0 Å². The van der Waals surface area contributed by atoms with Crippen LogP contribution < -0.4 is 15.5 Å². The lowest BCUT2D eigenvalue weighted by Crippen LogP contribution is -2.44. The Hall–Kier alpha value is -2.84. The molecule has 1 aliphatic carbocycles. The molecule has 38 heavy (non-hydrogen) atoms. The Morgan fingerprint density at radius 2 is 2.03 bits per heavy atom. The van der Waals surface area contributed by atoms with E-state index in [1.54, 1.807) is 24.3 Å². The molecule has 2 amide bonds. The predicted molar refractivity (Wildman–Crippen MR) is 147 cm³/mol. The van der Waals surface area contributed by atoms with E-state index >= 15 is 0 Å². The minimum atomic E-state index is -3.25. The number of anilines is 2. The lowest BCUT2D eigenvalue weighted by atomic mass is 10.1. The highest BCUT2D eigenvalue weighted by Crippen LogP contribution is 2.75. The molecule has 2 aromatic heterocycles. The molecule has 0 bridgehead atoms. The average Bonchev–Trinajstić information content (AvgIpc) is 3.63. The molecule has 2 fully saturated rings. The van der Waals surface area contributed by atoms with Gasteiger partial charge in [0, 0.05) is 35.8 Å². The molecule has 4 N–H and O–H groups in total. The summed E-state index contributed by atoms with van der Waals surface area (Å²) in [5, 5.41) is 6.90. The van der Waals surface area contributed by atoms with Crippen molar-refractivity contribution in [3.8, 4) is 11.4 Å². The van der Waals surface area contributed by atoms with Gasteiger partial charge in [-0.3, -0.25) is 9.11 Å². The average molecular weight is 563 g/mol. The van der Waals surface area contributed by atoms with Crippen molar-refractivity contribution >= 4 is 39.5 Å². The number of thiazole rings is 1. The molecule has 1 atom stereocenters. The van der Waals surface area contributed by atoms with Crippen LogP contribution in [0.25, 0.3) is 11.4 Å². The van der Waals surface area contributed by atoms with Crippen molar-refractivity contribution in [2.45, 2.75) is 41.8 Å². The van der Waals surface area contributed by atoms with Crippen molar-refractivity contribution in [3.05, 3.63) is 47.1 Å². The molecule has 3 heterocycles. The number of ether oxygens (including phenoxy) is 1. The zero-order valence-electron chi connectivity index (χ0n) is 21.2. The maximum atomic E-state index is 12.3. The van der Waals surface area contributed by atoms with Gasteiger partial charge in [0.15, 0.2) is 5.82 Å². The van der Waals surface area contributed by atoms with Gasteiger partial charge in [-0.25, -0.2) is 24.1 Å². The van der Waals surface area contributed by atoms with Gasteiger partial charge in [-0.15, -0.1) is 21.9 Å². The van der Waals surface area contributed by atoms with Crippen molar-refractivity contribution in [1.82, 2.24) is 20.3 Å². The van der Waals surface area contributed by atoms with Gasteiger partial charge in [-0.05, 0) is 51.0 Å². The summed E-state index contributed by atoms with van der Waals surface area (Å²) in [7, 11) is -3.25. The quantitative estimate of drug-likeness (QED) is 0.301. The molecule has 0 unspecified atom stereocenters. The molecule has 10 nitrogen and oxygen atoms in total.